The van der Waals surface area contributed by atoms with Crippen LogP contribution >= 0.6 is 0 Å². The molecule has 0 heterocycles. The average Bonchev–Trinajstić information content (AvgIpc) is 2.83. The highest BCUT2D eigenvalue weighted by Gasteiger charge is 2.42. The van der Waals surface area contributed by atoms with E-state index in [1.165, 1.54) is 13.0 Å². The van der Waals surface area contributed by atoms with Gasteiger partial charge in [-0.15, -0.1) is 0 Å². The van der Waals surface area contributed by atoms with Crippen LogP contribution in [0.2, 0.25) is 0 Å². The quantitative estimate of drug-likeness (QED) is 0.191. The second kappa shape index (κ2) is 8.30. The van der Waals surface area contributed by atoms with Gasteiger partial charge >= 0.3 is 5.97 Å². The Kier molecular flexibility index (Phi) is 5.40. The third kappa shape index (κ3) is 3.31. The van der Waals surface area contributed by atoms with E-state index in [2.05, 4.69) is 5.32 Å². The minimum Gasteiger partial charge on any atom is -0.508 e. The van der Waals surface area contributed by atoms with Gasteiger partial charge in [0.05, 0.1) is 16.7 Å². The van der Waals surface area contributed by atoms with Crippen molar-refractivity contribution in [2.75, 3.05) is 6.54 Å². The lowest BCUT2D eigenvalue weighted by Crippen LogP contribution is -2.30. The Morgan fingerprint density at radius 2 is 1.34 bits per heavy atom. The zero-order valence-electron chi connectivity index (χ0n) is 19.4. The number of phenolic OH excluding ortho intramolecular Hbond substituents is 4. The molecule has 194 valence electrons. The molecule has 2 aliphatic rings. The van der Waals surface area contributed by atoms with E-state index in [1.54, 1.807) is 0 Å². The number of nitrogens with one attached hydrogen (secondary N) is 1. The number of aliphatic hydroxyl groups excluding tert-OH is 2. The van der Waals surface area contributed by atoms with Gasteiger partial charge in [0.2, 0.25) is 0 Å². The van der Waals surface area contributed by atoms with Gasteiger partial charge in [-0.05, 0) is 35.7 Å². The maximum atomic E-state index is 13.4. The number of amides is 1. The van der Waals surface area contributed by atoms with Gasteiger partial charge in [0.1, 0.15) is 41.8 Å². The van der Waals surface area contributed by atoms with Crippen LogP contribution in [0.1, 0.15) is 71.1 Å². The summed E-state index contributed by atoms with van der Waals surface area (Å²) in [7, 11) is 0. The molecular weight excluding hydrogens is 502 g/mol. The molecule has 3 aromatic rings. The normalized spacial score (nSPS) is 17.2. The van der Waals surface area contributed by atoms with E-state index in [0.717, 1.165) is 18.2 Å². The van der Waals surface area contributed by atoms with Crippen molar-refractivity contribution in [2.24, 2.45) is 0 Å². The molecule has 8 N–H and O–H groups in total. The lowest BCUT2D eigenvalue weighted by atomic mass is 9.74. The number of fused-ring (bicyclic) bond motifs is 5. The number of aliphatic carboxylic acids is 1. The zero-order chi connectivity index (χ0) is 27.8. The van der Waals surface area contributed by atoms with Crippen molar-refractivity contribution >= 4 is 23.4 Å². The SMILES string of the molecule is Cc1cc2c(c(O)c1C(=O)NCC(=O)O)-c1c(cc3c(c1O)C(=O)c1cc(O)cc(O)c1C3=O)[C@H](O)[C@H]2O. The molecule has 0 bridgehead atoms. The Hall–Kier alpha value is -4.94. The topological polar surface area (TPSA) is 222 Å². The smallest absolute Gasteiger partial charge is 0.322 e. The summed E-state index contributed by atoms with van der Waals surface area (Å²) in [6.07, 6.45) is -3.43. The van der Waals surface area contributed by atoms with Crippen molar-refractivity contribution in [3.05, 3.63) is 68.8 Å². The van der Waals surface area contributed by atoms with E-state index in [1.807, 2.05) is 0 Å². The van der Waals surface area contributed by atoms with Crippen LogP contribution in [0.25, 0.3) is 11.1 Å². The Labute approximate surface area is 212 Å². The molecule has 0 unspecified atom stereocenters. The summed E-state index contributed by atoms with van der Waals surface area (Å²) in [5, 5.41) is 75.2. The predicted molar refractivity (Wildman–Crippen MR) is 126 cm³/mol. The maximum absolute atomic E-state index is 13.4. The van der Waals surface area contributed by atoms with Crippen molar-refractivity contribution in [3.8, 4) is 34.1 Å². The van der Waals surface area contributed by atoms with Crippen LogP contribution in [0.4, 0.5) is 0 Å². The number of hydrogen-bond donors (Lipinski definition) is 8. The van der Waals surface area contributed by atoms with Crippen molar-refractivity contribution in [1.29, 1.82) is 0 Å². The summed E-state index contributed by atoms with van der Waals surface area (Å²) in [5.41, 5.74) is -3.03. The molecular formula is C26H19NO11. The van der Waals surface area contributed by atoms with Crippen LogP contribution in [-0.4, -0.2) is 65.7 Å². The first-order valence-electron chi connectivity index (χ1n) is 11.1. The number of aryl methyl sites for hydroxylation is 1. The first-order chi connectivity index (χ1) is 17.8. The number of hydrogen-bond acceptors (Lipinski definition) is 10. The number of carbonyl (C=O) groups excluding carboxylic acids is 3. The van der Waals surface area contributed by atoms with Crippen LogP contribution < -0.4 is 5.32 Å². The molecule has 0 spiro atoms. The molecule has 5 rings (SSSR count). The largest absolute Gasteiger partial charge is 0.508 e. The first kappa shape index (κ1) is 24.7. The molecule has 12 nitrogen and oxygen atoms in total. The van der Waals surface area contributed by atoms with Gasteiger partial charge in [-0.2, -0.15) is 0 Å². The summed E-state index contributed by atoms with van der Waals surface area (Å²) in [6, 6.07) is 4.10. The second-order valence-corrected chi connectivity index (χ2v) is 9.01. The molecule has 0 radical (unpaired) electrons. The summed E-state index contributed by atoms with van der Waals surface area (Å²) < 4.78 is 0. The van der Waals surface area contributed by atoms with Crippen LogP contribution in [0, 0.1) is 6.92 Å². The van der Waals surface area contributed by atoms with E-state index in [-0.39, 0.29) is 33.4 Å². The molecule has 38 heavy (non-hydrogen) atoms. The molecule has 0 fully saturated rings. The number of ketones is 2. The Morgan fingerprint density at radius 3 is 1.97 bits per heavy atom. The third-order valence-corrected chi connectivity index (χ3v) is 6.72. The molecule has 2 aliphatic carbocycles. The van der Waals surface area contributed by atoms with Gasteiger partial charge in [0.25, 0.3) is 5.91 Å². The molecule has 0 saturated heterocycles. The minimum atomic E-state index is -1.74. The molecule has 0 saturated carbocycles. The summed E-state index contributed by atoms with van der Waals surface area (Å²) in [5.74, 6) is -7.00. The highest BCUT2D eigenvalue weighted by Crippen LogP contribution is 2.55. The van der Waals surface area contributed by atoms with E-state index in [9.17, 15) is 49.8 Å². The van der Waals surface area contributed by atoms with Crippen LogP contribution in [-0.2, 0) is 4.79 Å². The number of carboxylic acid groups (broad SMARTS) is 1. The van der Waals surface area contributed by atoms with Gasteiger partial charge in [-0.1, -0.05) is 6.07 Å². The lowest BCUT2D eigenvalue weighted by molar-refractivity contribution is -0.135. The van der Waals surface area contributed by atoms with Crippen molar-refractivity contribution in [2.45, 2.75) is 19.1 Å². The number of carbonyl (C=O) groups is 4. The summed E-state index contributed by atoms with van der Waals surface area (Å²) >= 11 is 0. The number of aliphatic hydroxyl groups is 2. The van der Waals surface area contributed by atoms with Crippen molar-refractivity contribution in [1.82, 2.24) is 5.32 Å². The summed E-state index contributed by atoms with van der Waals surface area (Å²) in [4.78, 5) is 50.2. The highest BCUT2D eigenvalue weighted by molar-refractivity contribution is 6.31. The van der Waals surface area contributed by atoms with E-state index >= 15 is 0 Å². The van der Waals surface area contributed by atoms with E-state index in [4.69, 9.17) is 5.11 Å². The van der Waals surface area contributed by atoms with Crippen LogP contribution in [0.3, 0.4) is 0 Å². The first-order valence-corrected chi connectivity index (χ1v) is 11.1. The van der Waals surface area contributed by atoms with Crippen molar-refractivity contribution in [3.63, 3.8) is 0 Å². The molecule has 2 atom stereocenters. The van der Waals surface area contributed by atoms with Gasteiger partial charge in [-0.3, -0.25) is 19.2 Å². The Morgan fingerprint density at radius 1 is 0.789 bits per heavy atom. The molecule has 3 aromatic carbocycles. The Bertz CT molecular complexity index is 1640. The predicted octanol–water partition coefficient (Wildman–Crippen LogP) is 1.15. The van der Waals surface area contributed by atoms with Gasteiger partial charge in [-0.25, -0.2) is 0 Å². The molecule has 1 amide bonds. The molecule has 0 aliphatic heterocycles. The highest BCUT2D eigenvalue weighted by atomic mass is 16.4. The molecule has 12 heteroatoms. The average molecular weight is 521 g/mol. The fourth-order valence-electron chi connectivity index (χ4n) is 5.09. The number of carboxylic acids is 1. The van der Waals surface area contributed by atoms with E-state index in [0.29, 0.717) is 0 Å². The van der Waals surface area contributed by atoms with Crippen LogP contribution in [0.15, 0.2) is 24.3 Å². The maximum Gasteiger partial charge on any atom is 0.322 e. The van der Waals surface area contributed by atoms with E-state index < -0.39 is 87.4 Å². The number of phenols is 4. The standard InChI is InChI=1S/C26H19NO11/c1-7-2-9-17(24(36)15(7)26(38)27-6-14(30)31)18-11(23(35)22(9)34)5-12-19(25(18)37)21(33)10-3-8(28)4-13(29)16(10)20(12)32/h2-5,22-23,28-29,34-37H,6H2,1H3,(H,27,38)(H,30,31)/t22-,23-/m0/s1. The monoisotopic (exact) mass is 521 g/mol. The number of rotatable bonds is 3. The number of aromatic hydroxyl groups is 4. The Balaban J connectivity index is 1.80. The molecule has 0 aromatic heterocycles. The van der Waals surface area contributed by atoms with Crippen LogP contribution in [0.5, 0.6) is 23.0 Å². The third-order valence-electron chi connectivity index (χ3n) is 6.72. The zero-order valence-corrected chi connectivity index (χ0v) is 19.4. The lowest BCUT2D eigenvalue weighted by Gasteiger charge is -2.33. The van der Waals surface area contributed by atoms with Crippen molar-refractivity contribution < 1.29 is 54.9 Å². The number of benzene rings is 3. The van der Waals surface area contributed by atoms with Gasteiger partial charge < -0.3 is 41.1 Å². The fraction of sp³-hybridized carbons (Fsp3) is 0.154. The van der Waals surface area contributed by atoms with Gasteiger partial charge in [0.15, 0.2) is 11.6 Å². The second-order valence-electron chi connectivity index (χ2n) is 9.01. The minimum absolute atomic E-state index is 0.102. The fourth-order valence-corrected chi connectivity index (χ4v) is 5.09. The van der Waals surface area contributed by atoms with Gasteiger partial charge in [0, 0.05) is 28.3 Å². The summed E-state index contributed by atoms with van der Waals surface area (Å²) in [6.45, 7) is 0.635.